The minimum Gasteiger partial charge on any atom is -0.478 e. The Morgan fingerprint density at radius 1 is 1.42 bits per heavy atom. The zero-order valence-corrected chi connectivity index (χ0v) is 10.3. The van der Waals surface area contributed by atoms with Crippen molar-refractivity contribution in [2.24, 2.45) is 0 Å². The summed E-state index contributed by atoms with van der Waals surface area (Å²) in [7, 11) is 0. The number of carbonyl (C=O) groups is 1. The van der Waals surface area contributed by atoms with Gasteiger partial charge in [-0.2, -0.15) is 4.98 Å². The van der Waals surface area contributed by atoms with Crippen LogP contribution in [-0.2, 0) is 0 Å². The first-order valence-corrected chi connectivity index (χ1v) is 6.33. The second-order valence-electron chi connectivity index (χ2n) is 4.68. The number of piperidine rings is 1. The van der Waals surface area contributed by atoms with Crippen molar-refractivity contribution in [2.75, 3.05) is 18.4 Å². The summed E-state index contributed by atoms with van der Waals surface area (Å²) < 4.78 is 5.57. The predicted molar refractivity (Wildman–Crippen MR) is 70.5 cm³/mol. The highest BCUT2D eigenvalue weighted by Gasteiger charge is 2.16. The molecular weight excluding hydrogens is 246 g/mol. The van der Waals surface area contributed by atoms with Crippen LogP contribution >= 0.6 is 0 Å². The third-order valence-corrected chi connectivity index (χ3v) is 3.30. The Morgan fingerprint density at radius 3 is 2.95 bits per heavy atom. The summed E-state index contributed by atoms with van der Waals surface area (Å²) in [6.07, 6.45) is 2.05. The van der Waals surface area contributed by atoms with Gasteiger partial charge in [0.05, 0.1) is 5.56 Å². The Hall–Kier alpha value is -2.08. The average molecular weight is 261 g/mol. The number of aromatic nitrogens is 1. The second-order valence-corrected chi connectivity index (χ2v) is 4.68. The van der Waals surface area contributed by atoms with E-state index < -0.39 is 5.97 Å². The Balaban J connectivity index is 1.82. The van der Waals surface area contributed by atoms with Crippen molar-refractivity contribution in [1.29, 1.82) is 0 Å². The van der Waals surface area contributed by atoms with Crippen LogP contribution < -0.4 is 10.6 Å². The van der Waals surface area contributed by atoms with Crippen molar-refractivity contribution in [1.82, 2.24) is 10.3 Å². The molecule has 1 aromatic heterocycles. The Bertz CT molecular complexity index is 602. The predicted octanol–water partition coefficient (Wildman–Crippen LogP) is 1.69. The summed E-state index contributed by atoms with van der Waals surface area (Å²) in [5, 5.41) is 15.5. The molecule has 0 amide bonds. The van der Waals surface area contributed by atoms with Gasteiger partial charge in [-0.3, -0.25) is 0 Å². The highest BCUT2D eigenvalue weighted by Crippen LogP contribution is 2.21. The lowest BCUT2D eigenvalue weighted by molar-refractivity contribution is 0.0697. The largest absolute Gasteiger partial charge is 0.478 e. The number of rotatable bonds is 3. The van der Waals surface area contributed by atoms with Gasteiger partial charge in [0.15, 0.2) is 5.58 Å². The molecule has 1 saturated heterocycles. The molecular formula is C13H15N3O3. The molecule has 6 nitrogen and oxygen atoms in total. The number of carboxylic acid groups (broad SMARTS) is 1. The van der Waals surface area contributed by atoms with Crippen molar-refractivity contribution in [3.05, 3.63) is 23.8 Å². The number of aromatic carboxylic acids is 1. The number of anilines is 1. The number of nitrogens with one attached hydrogen (secondary N) is 2. The number of hydrogen-bond donors (Lipinski definition) is 3. The van der Waals surface area contributed by atoms with Crippen LogP contribution in [-0.4, -0.2) is 35.2 Å². The number of fused-ring (bicyclic) bond motifs is 1. The fourth-order valence-corrected chi connectivity index (χ4v) is 2.26. The van der Waals surface area contributed by atoms with E-state index in [2.05, 4.69) is 15.6 Å². The summed E-state index contributed by atoms with van der Waals surface area (Å²) in [6.45, 7) is 1.97. The molecule has 3 rings (SSSR count). The molecule has 3 N–H and O–H groups in total. The van der Waals surface area contributed by atoms with E-state index in [0.717, 1.165) is 25.9 Å². The number of oxazole rings is 1. The lowest BCUT2D eigenvalue weighted by atomic mass is 10.1. The average Bonchev–Trinajstić information content (AvgIpc) is 2.80. The summed E-state index contributed by atoms with van der Waals surface area (Å²) in [6, 6.07) is 5.50. The van der Waals surface area contributed by atoms with E-state index in [0.29, 0.717) is 23.2 Å². The summed E-state index contributed by atoms with van der Waals surface area (Å²) in [5.41, 5.74) is 1.38. The quantitative estimate of drug-likeness (QED) is 0.779. The van der Waals surface area contributed by atoms with Gasteiger partial charge in [-0.25, -0.2) is 4.79 Å². The minimum absolute atomic E-state index is 0.217. The molecule has 0 spiro atoms. The molecule has 1 aromatic carbocycles. The summed E-state index contributed by atoms with van der Waals surface area (Å²) >= 11 is 0. The topological polar surface area (TPSA) is 87.4 Å². The van der Waals surface area contributed by atoms with Crippen LogP contribution in [0.1, 0.15) is 23.2 Å². The second kappa shape index (κ2) is 4.89. The molecule has 0 atom stereocenters. The Labute approximate surface area is 109 Å². The monoisotopic (exact) mass is 261 g/mol. The van der Waals surface area contributed by atoms with Gasteiger partial charge >= 0.3 is 5.97 Å². The van der Waals surface area contributed by atoms with Crippen molar-refractivity contribution in [2.45, 2.75) is 18.9 Å². The zero-order valence-electron chi connectivity index (χ0n) is 10.3. The van der Waals surface area contributed by atoms with E-state index in [-0.39, 0.29) is 5.56 Å². The van der Waals surface area contributed by atoms with Gasteiger partial charge in [-0.05, 0) is 44.1 Å². The maximum Gasteiger partial charge on any atom is 0.335 e. The number of carboxylic acids is 1. The summed E-state index contributed by atoms with van der Waals surface area (Å²) in [4.78, 5) is 15.2. The first kappa shape index (κ1) is 12.0. The number of benzene rings is 1. The van der Waals surface area contributed by atoms with Crippen molar-refractivity contribution < 1.29 is 14.3 Å². The zero-order chi connectivity index (χ0) is 13.2. The third kappa shape index (κ3) is 2.53. The van der Waals surface area contributed by atoms with Crippen LogP contribution in [0.2, 0.25) is 0 Å². The SMILES string of the molecule is O=C(O)c1ccc2oc(NC3CCNCC3)nc2c1. The third-order valence-electron chi connectivity index (χ3n) is 3.30. The number of nitrogens with zero attached hydrogens (tertiary/aromatic N) is 1. The maximum atomic E-state index is 10.9. The van der Waals surface area contributed by atoms with Gasteiger partial charge < -0.3 is 20.2 Å². The van der Waals surface area contributed by atoms with Crippen LogP contribution in [0, 0.1) is 0 Å². The molecule has 0 bridgehead atoms. The van der Waals surface area contributed by atoms with E-state index in [9.17, 15) is 4.79 Å². The normalized spacial score (nSPS) is 16.6. The molecule has 0 saturated carbocycles. The van der Waals surface area contributed by atoms with Crippen molar-refractivity contribution >= 4 is 23.1 Å². The van der Waals surface area contributed by atoms with Gasteiger partial charge in [0, 0.05) is 6.04 Å². The van der Waals surface area contributed by atoms with Gasteiger partial charge in [0.1, 0.15) is 5.52 Å². The lowest BCUT2D eigenvalue weighted by Crippen LogP contribution is -2.35. The molecule has 0 aliphatic carbocycles. The molecule has 2 heterocycles. The van der Waals surface area contributed by atoms with E-state index in [1.165, 1.54) is 12.1 Å². The van der Waals surface area contributed by atoms with Gasteiger partial charge in [-0.15, -0.1) is 0 Å². The molecule has 0 radical (unpaired) electrons. The Kier molecular flexibility index (Phi) is 3.08. The lowest BCUT2D eigenvalue weighted by Gasteiger charge is -2.22. The van der Waals surface area contributed by atoms with E-state index in [1.807, 2.05) is 0 Å². The van der Waals surface area contributed by atoms with Gasteiger partial charge in [-0.1, -0.05) is 0 Å². The molecule has 0 unspecified atom stereocenters. The van der Waals surface area contributed by atoms with Gasteiger partial charge in [0.2, 0.25) is 0 Å². The van der Waals surface area contributed by atoms with Crippen LogP contribution in [0.15, 0.2) is 22.6 Å². The van der Waals surface area contributed by atoms with E-state index in [4.69, 9.17) is 9.52 Å². The van der Waals surface area contributed by atoms with Crippen LogP contribution in [0.3, 0.4) is 0 Å². The standard InChI is InChI=1S/C13H15N3O3/c17-12(18)8-1-2-11-10(7-8)16-13(19-11)15-9-3-5-14-6-4-9/h1-2,7,9,14H,3-6H2,(H,15,16)(H,17,18). The molecule has 1 aliphatic heterocycles. The van der Waals surface area contributed by atoms with Crippen LogP contribution in [0.25, 0.3) is 11.1 Å². The van der Waals surface area contributed by atoms with Crippen LogP contribution in [0.4, 0.5) is 6.01 Å². The molecule has 2 aromatic rings. The number of hydrogen-bond acceptors (Lipinski definition) is 5. The van der Waals surface area contributed by atoms with Crippen molar-refractivity contribution in [3.63, 3.8) is 0 Å². The molecule has 1 aliphatic rings. The first-order chi connectivity index (χ1) is 9.22. The fourth-order valence-electron chi connectivity index (χ4n) is 2.26. The summed E-state index contributed by atoms with van der Waals surface area (Å²) in [5.74, 6) is -0.960. The fraction of sp³-hybridized carbons (Fsp3) is 0.385. The van der Waals surface area contributed by atoms with Crippen molar-refractivity contribution in [3.8, 4) is 0 Å². The van der Waals surface area contributed by atoms with Gasteiger partial charge in [0.25, 0.3) is 6.01 Å². The maximum absolute atomic E-state index is 10.9. The van der Waals surface area contributed by atoms with E-state index in [1.54, 1.807) is 6.07 Å². The minimum atomic E-state index is -0.960. The molecule has 100 valence electrons. The molecule has 6 heteroatoms. The smallest absolute Gasteiger partial charge is 0.335 e. The highest BCUT2D eigenvalue weighted by molar-refractivity contribution is 5.92. The highest BCUT2D eigenvalue weighted by atomic mass is 16.4. The first-order valence-electron chi connectivity index (χ1n) is 6.33. The van der Waals surface area contributed by atoms with Crippen LogP contribution in [0.5, 0.6) is 0 Å². The Morgan fingerprint density at radius 2 is 2.21 bits per heavy atom. The van der Waals surface area contributed by atoms with E-state index >= 15 is 0 Å². The molecule has 19 heavy (non-hydrogen) atoms. The molecule has 1 fully saturated rings.